The third-order valence-electron chi connectivity index (χ3n) is 3.01. The molecule has 0 aliphatic heterocycles. The van der Waals surface area contributed by atoms with Gasteiger partial charge in [0.25, 0.3) is 0 Å². The Bertz CT molecular complexity index is 390. The van der Waals surface area contributed by atoms with E-state index in [1.54, 1.807) is 0 Å². The van der Waals surface area contributed by atoms with E-state index in [1.807, 2.05) is 18.2 Å². The highest BCUT2D eigenvalue weighted by atomic mass is 16.1. The molecule has 0 saturated carbocycles. The maximum atomic E-state index is 11.4. The minimum absolute atomic E-state index is 0.00439. The van der Waals surface area contributed by atoms with Crippen molar-refractivity contribution in [1.82, 2.24) is 10.6 Å². The lowest BCUT2D eigenvalue weighted by Crippen LogP contribution is -2.50. The summed E-state index contributed by atoms with van der Waals surface area (Å²) < 4.78 is 0. The fourth-order valence-corrected chi connectivity index (χ4v) is 2.00. The SMILES string of the molecule is CC(NC(C)(C)CNC(=O)CCN)c1ccccc1. The molecule has 1 atom stereocenters. The molecule has 0 bridgehead atoms. The Morgan fingerprint density at radius 1 is 1.32 bits per heavy atom. The van der Waals surface area contributed by atoms with Gasteiger partial charge in [-0.05, 0) is 26.3 Å². The van der Waals surface area contributed by atoms with E-state index in [-0.39, 0.29) is 17.5 Å². The van der Waals surface area contributed by atoms with Gasteiger partial charge in [-0.3, -0.25) is 4.79 Å². The van der Waals surface area contributed by atoms with Gasteiger partial charge in [-0.15, -0.1) is 0 Å². The summed E-state index contributed by atoms with van der Waals surface area (Å²) in [6.07, 6.45) is 0.379. The summed E-state index contributed by atoms with van der Waals surface area (Å²) in [5.74, 6) is 0.00439. The van der Waals surface area contributed by atoms with E-state index in [4.69, 9.17) is 5.73 Å². The second-order valence-electron chi connectivity index (χ2n) is 5.48. The summed E-state index contributed by atoms with van der Waals surface area (Å²) >= 11 is 0. The lowest BCUT2D eigenvalue weighted by atomic mass is 10.0. The molecule has 4 N–H and O–H groups in total. The molecule has 0 aromatic heterocycles. The van der Waals surface area contributed by atoms with Crippen molar-refractivity contribution in [2.45, 2.75) is 38.8 Å². The fraction of sp³-hybridized carbons (Fsp3) is 0.533. The monoisotopic (exact) mass is 263 g/mol. The molecule has 1 unspecified atom stereocenters. The van der Waals surface area contributed by atoms with Crippen molar-refractivity contribution in [1.29, 1.82) is 0 Å². The summed E-state index contributed by atoms with van der Waals surface area (Å²) in [5, 5.41) is 6.42. The zero-order valence-corrected chi connectivity index (χ0v) is 12.1. The van der Waals surface area contributed by atoms with Crippen LogP contribution < -0.4 is 16.4 Å². The zero-order chi connectivity index (χ0) is 14.3. The number of carbonyl (C=O) groups is 1. The Morgan fingerprint density at radius 2 is 1.95 bits per heavy atom. The molecule has 1 rings (SSSR count). The quantitative estimate of drug-likeness (QED) is 0.699. The van der Waals surface area contributed by atoms with Gasteiger partial charge in [-0.1, -0.05) is 30.3 Å². The Kier molecular flexibility index (Phi) is 5.99. The van der Waals surface area contributed by atoms with Crippen LogP contribution in [0.15, 0.2) is 30.3 Å². The smallest absolute Gasteiger partial charge is 0.221 e. The zero-order valence-electron chi connectivity index (χ0n) is 12.1. The summed E-state index contributed by atoms with van der Waals surface area (Å²) in [6, 6.07) is 10.5. The first-order chi connectivity index (χ1) is 8.94. The van der Waals surface area contributed by atoms with E-state index >= 15 is 0 Å². The lowest BCUT2D eigenvalue weighted by Gasteiger charge is -2.30. The van der Waals surface area contributed by atoms with E-state index in [0.29, 0.717) is 19.5 Å². The van der Waals surface area contributed by atoms with E-state index in [2.05, 4.69) is 43.5 Å². The molecule has 0 spiro atoms. The van der Waals surface area contributed by atoms with Crippen LogP contribution in [0, 0.1) is 0 Å². The molecule has 106 valence electrons. The molecule has 0 fully saturated rings. The van der Waals surface area contributed by atoms with E-state index in [9.17, 15) is 4.79 Å². The van der Waals surface area contributed by atoms with Crippen LogP contribution >= 0.6 is 0 Å². The molecule has 0 saturated heterocycles. The molecule has 1 aromatic rings. The van der Waals surface area contributed by atoms with Crippen molar-refractivity contribution in [3.63, 3.8) is 0 Å². The first kappa shape index (κ1) is 15.7. The summed E-state index contributed by atoms with van der Waals surface area (Å²) in [6.45, 7) is 7.26. The van der Waals surface area contributed by atoms with Crippen LogP contribution in [0.25, 0.3) is 0 Å². The minimum atomic E-state index is -0.167. The third kappa shape index (κ3) is 5.85. The standard InChI is InChI=1S/C15H25N3O/c1-12(13-7-5-4-6-8-13)18-15(2,3)11-17-14(19)9-10-16/h4-8,12,18H,9-11,16H2,1-3H3,(H,17,19). The number of nitrogens with one attached hydrogen (secondary N) is 2. The first-order valence-electron chi connectivity index (χ1n) is 6.74. The Labute approximate surface area is 115 Å². The van der Waals surface area contributed by atoms with Gasteiger partial charge >= 0.3 is 0 Å². The fourth-order valence-electron chi connectivity index (χ4n) is 2.00. The maximum absolute atomic E-state index is 11.4. The van der Waals surface area contributed by atoms with Gasteiger partial charge in [0.15, 0.2) is 0 Å². The second kappa shape index (κ2) is 7.26. The molecule has 0 heterocycles. The Morgan fingerprint density at radius 3 is 2.53 bits per heavy atom. The predicted octanol–water partition coefficient (Wildman–Crippen LogP) is 1.58. The lowest BCUT2D eigenvalue weighted by molar-refractivity contribution is -0.121. The molecule has 1 aromatic carbocycles. The summed E-state index contributed by atoms with van der Waals surface area (Å²) in [4.78, 5) is 11.4. The van der Waals surface area contributed by atoms with Crippen molar-refractivity contribution in [2.24, 2.45) is 5.73 Å². The largest absolute Gasteiger partial charge is 0.354 e. The molecule has 19 heavy (non-hydrogen) atoms. The number of hydrogen-bond acceptors (Lipinski definition) is 3. The van der Waals surface area contributed by atoms with Crippen LogP contribution in [0.2, 0.25) is 0 Å². The molecule has 0 aliphatic rings. The van der Waals surface area contributed by atoms with Crippen LogP contribution in [-0.2, 0) is 4.79 Å². The van der Waals surface area contributed by atoms with Gasteiger partial charge in [0.2, 0.25) is 5.91 Å². The van der Waals surface area contributed by atoms with E-state index in [0.717, 1.165) is 0 Å². The van der Waals surface area contributed by atoms with Gasteiger partial charge in [-0.25, -0.2) is 0 Å². The number of carbonyl (C=O) groups excluding carboxylic acids is 1. The normalized spacial score (nSPS) is 13.1. The number of hydrogen-bond donors (Lipinski definition) is 3. The highest BCUT2D eigenvalue weighted by molar-refractivity contribution is 5.76. The topological polar surface area (TPSA) is 67.1 Å². The van der Waals surface area contributed by atoms with Crippen LogP contribution in [0.4, 0.5) is 0 Å². The Hall–Kier alpha value is -1.39. The minimum Gasteiger partial charge on any atom is -0.354 e. The average Bonchev–Trinajstić information content (AvgIpc) is 2.37. The number of nitrogens with two attached hydrogens (primary N) is 1. The summed E-state index contributed by atoms with van der Waals surface area (Å²) in [5.41, 5.74) is 6.42. The van der Waals surface area contributed by atoms with Gasteiger partial charge in [-0.2, -0.15) is 0 Å². The van der Waals surface area contributed by atoms with Crippen LogP contribution in [0.1, 0.15) is 38.8 Å². The van der Waals surface area contributed by atoms with E-state index < -0.39 is 0 Å². The van der Waals surface area contributed by atoms with Crippen molar-refractivity contribution in [2.75, 3.05) is 13.1 Å². The molecular weight excluding hydrogens is 238 g/mol. The molecule has 0 radical (unpaired) electrons. The molecule has 0 aliphatic carbocycles. The van der Waals surface area contributed by atoms with Crippen LogP contribution in [0.5, 0.6) is 0 Å². The summed E-state index contributed by atoms with van der Waals surface area (Å²) in [7, 11) is 0. The van der Waals surface area contributed by atoms with Gasteiger partial charge in [0.1, 0.15) is 0 Å². The molecule has 4 nitrogen and oxygen atoms in total. The molecular formula is C15H25N3O. The molecule has 4 heteroatoms. The maximum Gasteiger partial charge on any atom is 0.221 e. The number of benzene rings is 1. The van der Waals surface area contributed by atoms with Crippen molar-refractivity contribution in [3.05, 3.63) is 35.9 Å². The van der Waals surface area contributed by atoms with Gasteiger partial charge in [0, 0.05) is 31.1 Å². The van der Waals surface area contributed by atoms with Crippen LogP contribution in [-0.4, -0.2) is 24.5 Å². The molecule has 1 amide bonds. The first-order valence-corrected chi connectivity index (χ1v) is 6.74. The third-order valence-corrected chi connectivity index (χ3v) is 3.01. The van der Waals surface area contributed by atoms with Crippen molar-refractivity contribution < 1.29 is 4.79 Å². The van der Waals surface area contributed by atoms with E-state index in [1.165, 1.54) is 5.56 Å². The van der Waals surface area contributed by atoms with Crippen LogP contribution in [0.3, 0.4) is 0 Å². The predicted molar refractivity (Wildman–Crippen MR) is 78.8 cm³/mol. The van der Waals surface area contributed by atoms with Crippen molar-refractivity contribution in [3.8, 4) is 0 Å². The highest BCUT2D eigenvalue weighted by Gasteiger charge is 2.21. The number of amides is 1. The number of rotatable bonds is 7. The van der Waals surface area contributed by atoms with Crippen molar-refractivity contribution >= 4 is 5.91 Å². The van der Waals surface area contributed by atoms with Gasteiger partial charge in [0.05, 0.1) is 0 Å². The highest BCUT2D eigenvalue weighted by Crippen LogP contribution is 2.15. The average molecular weight is 263 g/mol. The Balaban J connectivity index is 2.47. The second-order valence-corrected chi connectivity index (χ2v) is 5.48. The van der Waals surface area contributed by atoms with Gasteiger partial charge < -0.3 is 16.4 Å².